The third-order valence-corrected chi connectivity index (χ3v) is 6.27. The first kappa shape index (κ1) is 21.1. The summed E-state index contributed by atoms with van der Waals surface area (Å²) in [5.74, 6) is 0.992. The fourth-order valence-electron chi connectivity index (χ4n) is 2.87. The largest absolute Gasteiger partial charge is 0.489 e. The Labute approximate surface area is 174 Å². The molecule has 140 valence electrons. The van der Waals surface area contributed by atoms with Crippen LogP contribution in [0, 0.1) is 10.5 Å². The summed E-state index contributed by atoms with van der Waals surface area (Å²) in [5, 5.41) is 2.69. The number of carbonyl (C=O) groups is 1. The molecule has 0 saturated heterocycles. The summed E-state index contributed by atoms with van der Waals surface area (Å²) < 4.78 is 7.44. The van der Waals surface area contributed by atoms with E-state index in [1.807, 2.05) is 0 Å². The van der Waals surface area contributed by atoms with Gasteiger partial charge in [-0.05, 0) is 77.4 Å². The fourth-order valence-corrected chi connectivity index (χ4v) is 4.34. The molecule has 0 bridgehead atoms. The van der Waals surface area contributed by atoms with Crippen LogP contribution in [-0.4, -0.2) is 19.2 Å². The van der Waals surface area contributed by atoms with Gasteiger partial charge >= 0.3 is 0 Å². The van der Waals surface area contributed by atoms with E-state index in [0.717, 1.165) is 24.2 Å². The van der Waals surface area contributed by atoms with E-state index in [1.165, 1.54) is 25.2 Å². The SMILES string of the molecule is CCc1cc(C)c(OCc2c(CCC(=O)NC)cccc2SC)cc1I. The van der Waals surface area contributed by atoms with Crippen molar-refractivity contribution in [2.24, 2.45) is 0 Å². The zero-order chi connectivity index (χ0) is 19.1. The van der Waals surface area contributed by atoms with Crippen LogP contribution in [-0.2, 0) is 24.2 Å². The third-order valence-electron chi connectivity index (χ3n) is 4.45. The van der Waals surface area contributed by atoms with Crippen LogP contribution in [0.1, 0.15) is 35.6 Å². The van der Waals surface area contributed by atoms with Gasteiger partial charge in [0.05, 0.1) is 0 Å². The van der Waals surface area contributed by atoms with Crippen molar-refractivity contribution in [2.45, 2.75) is 44.6 Å². The molecule has 2 rings (SSSR count). The van der Waals surface area contributed by atoms with Crippen molar-refractivity contribution in [3.05, 3.63) is 56.2 Å². The second kappa shape index (κ2) is 10.2. The molecule has 3 nitrogen and oxygen atoms in total. The molecule has 0 unspecified atom stereocenters. The molecule has 2 aromatic rings. The van der Waals surface area contributed by atoms with Gasteiger partial charge in [-0.25, -0.2) is 0 Å². The topological polar surface area (TPSA) is 38.3 Å². The van der Waals surface area contributed by atoms with Gasteiger partial charge in [-0.2, -0.15) is 0 Å². The molecule has 5 heteroatoms. The monoisotopic (exact) mass is 483 g/mol. The maximum absolute atomic E-state index is 11.6. The van der Waals surface area contributed by atoms with Gasteiger partial charge in [0.2, 0.25) is 5.91 Å². The Hall–Kier alpha value is -1.21. The zero-order valence-corrected chi connectivity index (χ0v) is 18.8. The molecule has 26 heavy (non-hydrogen) atoms. The van der Waals surface area contributed by atoms with Gasteiger partial charge in [0.25, 0.3) is 0 Å². The summed E-state index contributed by atoms with van der Waals surface area (Å²) in [6, 6.07) is 10.6. The quantitative estimate of drug-likeness (QED) is 0.418. The molecular weight excluding hydrogens is 457 g/mol. The number of amides is 1. The van der Waals surface area contributed by atoms with Crippen LogP contribution in [0.25, 0.3) is 0 Å². The molecule has 0 spiro atoms. The van der Waals surface area contributed by atoms with E-state index in [2.05, 4.69) is 78.3 Å². The average Bonchev–Trinajstić information content (AvgIpc) is 2.66. The highest BCUT2D eigenvalue weighted by Crippen LogP contribution is 2.29. The molecule has 0 aliphatic heterocycles. The van der Waals surface area contributed by atoms with Gasteiger partial charge in [0.1, 0.15) is 12.4 Å². The van der Waals surface area contributed by atoms with Gasteiger partial charge in [-0.15, -0.1) is 11.8 Å². The number of nitrogens with one attached hydrogen (secondary N) is 1. The summed E-state index contributed by atoms with van der Waals surface area (Å²) in [4.78, 5) is 12.8. The number of hydrogen-bond donors (Lipinski definition) is 1. The molecule has 0 aromatic heterocycles. The van der Waals surface area contributed by atoms with E-state index >= 15 is 0 Å². The molecule has 0 atom stereocenters. The lowest BCUT2D eigenvalue weighted by atomic mass is 10.0. The van der Waals surface area contributed by atoms with Crippen molar-refractivity contribution in [1.29, 1.82) is 0 Å². The van der Waals surface area contributed by atoms with E-state index in [-0.39, 0.29) is 5.91 Å². The van der Waals surface area contributed by atoms with E-state index in [4.69, 9.17) is 4.74 Å². The maximum Gasteiger partial charge on any atom is 0.220 e. The lowest BCUT2D eigenvalue weighted by molar-refractivity contribution is -0.120. The first-order valence-electron chi connectivity index (χ1n) is 8.77. The smallest absolute Gasteiger partial charge is 0.220 e. The highest BCUT2D eigenvalue weighted by molar-refractivity contribution is 14.1. The standard InChI is InChI=1S/C21H26INO2S/c1-5-15-11-14(2)19(12-18(15)22)25-13-17-16(9-10-21(24)23-3)7-6-8-20(17)26-4/h6-8,11-12H,5,9-10,13H2,1-4H3,(H,23,24). The highest BCUT2D eigenvalue weighted by Gasteiger charge is 2.12. The van der Waals surface area contributed by atoms with Gasteiger partial charge < -0.3 is 10.1 Å². The van der Waals surface area contributed by atoms with Gasteiger partial charge in [-0.3, -0.25) is 4.79 Å². The summed E-state index contributed by atoms with van der Waals surface area (Å²) in [5.41, 5.74) is 4.87. The first-order valence-corrected chi connectivity index (χ1v) is 11.1. The molecule has 0 saturated carbocycles. The molecule has 0 aliphatic carbocycles. The Bertz CT molecular complexity index is 777. The molecule has 0 heterocycles. The molecule has 0 aliphatic rings. The second-order valence-electron chi connectivity index (χ2n) is 6.12. The van der Waals surface area contributed by atoms with Gasteiger partial charge in [0.15, 0.2) is 0 Å². The number of benzene rings is 2. The third kappa shape index (κ3) is 5.39. The van der Waals surface area contributed by atoms with E-state index in [9.17, 15) is 4.79 Å². The second-order valence-corrected chi connectivity index (χ2v) is 8.13. The lowest BCUT2D eigenvalue weighted by Crippen LogP contribution is -2.18. The fraction of sp³-hybridized carbons (Fsp3) is 0.381. The van der Waals surface area contributed by atoms with Crippen LogP contribution in [0.3, 0.4) is 0 Å². The summed E-state index contributed by atoms with van der Waals surface area (Å²) in [7, 11) is 1.68. The van der Waals surface area contributed by atoms with Crippen LogP contribution >= 0.6 is 34.4 Å². The van der Waals surface area contributed by atoms with Crippen molar-refractivity contribution in [2.75, 3.05) is 13.3 Å². The number of rotatable bonds is 8. The molecule has 0 fully saturated rings. The molecular formula is C21H26INO2S. The van der Waals surface area contributed by atoms with E-state index in [1.54, 1.807) is 18.8 Å². The van der Waals surface area contributed by atoms with Crippen molar-refractivity contribution >= 4 is 40.3 Å². The molecule has 2 aromatic carbocycles. The van der Waals surface area contributed by atoms with Crippen LogP contribution < -0.4 is 10.1 Å². The Morgan fingerprint density at radius 1 is 1.27 bits per heavy atom. The minimum absolute atomic E-state index is 0.0620. The van der Waals surface area contributed by atoms with Gasteiger partial charge in [-0.1, -0.05) is 25.1 Å². The van der Waals surface area contributed by atoms with Crippen LogP contribution in [0.2, 0.25) is 0 Å². The van der Waals surface area contributed by atoms with Crippen molar-refractivity contribution in [1.82, 2.24) is 5.32 Å². The van der Waals surface area contributed by atoms with E-state index in [0.29, 0.717) is 13.0 Å². The zero-order valence-electron chi connectivity index (χ0n) is 15.8. The Kier molecular flexibility index (Phi) is 8.28. The Morgan fingerprint density at radius 3 is 2.69 bits per heavy atom. The minimum Gasteiger partial charge on any atom is -0.489 e. The predicted molar refractivity (Wildman–Crippen MR) is 118 cm³/mol. The lowest BCUT2D eigenvalue weighted by Gasteiger charge is -2.16. The van der Waals surface area contributed by atoms with Crippen LogP contribution in [0.5, 0.6) is 5.75 Å². The average molecular weight is 483 g/mol. The number of aryl methyl sites for hydroxylation is 3. The van der Waals surface area contributed by atoms with Crippen molar-refractivity contribution in [3.63, 3.8) is 0 Å². The maximum atomic E-state index is 11.6. The van der Waals surface area contributed by atoms with Crippen molar-refractivity contribution < 1.29 is 9.53 Å². The highest BCUT2D eigenvalue weighted by atomic mass is 127. The van der Waals surface area contributed by atoms with Crippen LogP contribution in [0.15, 0.2) is 35.2 Å². The van der Waals surface area contributed by atoms with Gasteiger partial charge in [0, 0.05) is 27.5 Å². The predicted octanol–water partition coefficient (Wildman–Crippen LogP) is 5.14. The first-order chi connectivity index (χ1) is 12.5. The molecule has 1 N–H and O–H groups in total. The summed E-state index contributed by atoms with van der Waals surface area (Å²) >= 11 is 4.09. The molecule has 1 amide bonds. The number of carbonyl (C=O) groups excluding carboxylic acids is 1. The number of thioether (sulfide) groups is 1. The minimum atomic E-state index is 0.0620. The number of hydrogen-bond acceptors (Lipinski definition) is 3. The molecule has 0 radical (unpaired) electrons. The number of halogens is 1. The Balaban J connectivity index is 2.23. The number of ether oxygens (including phenoxy) is 1. The summed E-state index contributed by atoms with van der Waals surface area (Å²) in [6.07, 6.45) is 4.31. The summed E-state index contributed by atoms with van der Waals surface area (Å²) in [6.45, 7) is 4.78. The van der Waals surface area contributed by atoms with Crippen LogP contribution in [0.4, 0.5) is 0 Å². The van der Waals surface area contributed by atoms with E-state index < -0.39 is 0 Å². The van der Waals surface area contributed by atoms with Crippen molar-refractivity contribution in [3.8, 4) is 5.75 Å². The normalized spacial score (nSPS) is 10.7. The Morgan fingerprint density at radius 2 is 2.04 bits per heavy atom.